The fourth-order valence-corrected chi connectivity index (χ4v) is 8.65. The molecule has 0 heterocycles. The van der Waals surface area contributed by atoms with Gasteiger partial charge in [0.25, 0.3) is 0 Å². The Morgan fingerprint density at radius 2 is 1.19 bits per heavy atom. The Hall–Kier alpha value is -3.71. The van der Waals surface area contributed by atoms with Crippen molar-refractivity contribution in [1.29, 1.82) is 0 Å². The molecule has 4 aliphatic rings. The summed E-state index contributed by atoms with van der Waals surface area (Å²) in [6, 6.07) is 0. The highest BCUT2D eigenvalue weighted by Crippen LogP contribution is 2.54. The van der Waals surface area contributed by atoms with Crippen LogP contribution in [0.25, 0.3) is 0 Å². The largest absolute Gasteiger partial charge is 0.459 e. The second-order valence-electron chi connectivity index (χ2n) is 13.6. The van der Waals surface area contributed by atoms with E-state index >= 15 is 0 Å². The number of nitrogens with one attached hydrogen (secondary N) is 4. The second kappa shape index (κ2) is 19.3. The highest BCUT2D eigenvalue weighted by molar-refractivity contribution is 5.81. The number of carbonyl (C=O) groups is 5. The normalized spacial score (nSPS) is 27.9. The van der Waals surface area contributed by atoms with E-state index in [2.05, 4.69) is 32.6 Å². The summed E-state index contributed by atoms with van der Waals surface area (Å²) in [5.41, 5.74) is 0. The third kappa shape index (κ3) is 11.5. The van der Waals surface area contributed by atoms with Gasteiger partial charge in [0.1, 0.15) is 13.2 Å². The van der Waals surface area contributed by atoms with Crippen LogP contribution in [-0.2, 0) is 28.5 Å². The summed E-state index contributed by atoms with van der Waals surface area (Å²) in [6.07, 6.45) is 9.13. The molecule has 0 aliphatic heterocycles. The molecule has 0 aromatic carbocycles. The molecule has 14 heteroatoms. The molecular formula is C34H54N4O10. The van der Waals surface area contributed by atoms with Gasteiger partial charge in [-0.05, 0) is 112 Å². The van der Waals surface area contributed by atoms with E-state index in [1.807, 2.05) is 0 Å². The molecule has 8 unspecified atom stereocenters. The first-order chi connectivity index (χ1) is 23.3. The summed E-state index contributed by atoms with van der Waals surface area (Å²) in [5.74, 6) is 3.86. The van der Waals surface area contributed by atoms with Gasteiger partial charge in [0, 0.05) is 32.3 Å². The van der Waals surface area contributed by atoms with Gasteiger partial charge in [-0.1, -0.05) is 6.58 Å². The molecular weight excluding hydrogens is 624 g/mol. The molecule has 4 saturated carbocycles. The number of amides is 4. The van der Waals surface area contributed by atoms with Gasteiger partial charge in [0.05, 0.1) is 20.3 Å². The standard InChI is InChI=1S/C34H54N4O10/c1-3-30(39)45-14-15-48-34(43)38-21-27-17-23-6-7-28(27)29(23)9-11-36-33(42)47-13-5-4-12-46-32(41)35-10-8-22-16-25-18-24(22)19-26(25)20-37-31(40)44-2/h3,22-29H,1,4-21H2,2H3,(H,35,41)(H,36,42)(H,37,40)(H,38,43). The Morgan fingerprint density at radius 1 is 0.625 bits per heavy atom. The Balaban J connectivity index is 0.948. The number of methoxy groups -OCH3 is 1. The lowest BCUT2D eigenvalue weighted by Gasteiger charge is -2.28. The number of ether oxygens (including phenoxy) is 5. The van der Waals surface area contributed by atoms with E-state index in [1.165, 1.54) is 20.0 Å². The molecule has 4 bridgehead atoms. The van der Waals surface area contributed by atoms with E-state index < -0.39 is 24.2 Å². The zero-order chi connectivity index (χ0) is 34.3. The maximum Gasteiger partial charge on any atom is 0.407 e. The van der Waals surface area contributed by atoms with Crippen LogP contribution >= 0.6 is 0 Å². The number of esters is 1. The minimum absolute atomic E-state index is 0.0116. The van der Waals surface area contributed by atoms with E-state index in [0.717, 1.165) is 44.6 Å². The zero-order valence-electron chi connectivity index (χ0n) is 28.2. The minimum Gasteiger partial charge on any atom is -0.459 e. The summed E-state index contributed by atoms with van der Waals surface area (Å²) in [6.45, 7) is 6.16. The second-order valence-corrected chi connectivity index (χ2v) is 13.6. The average Bonchev–Trinajstić information content (AvgIpc) is 3.86. The Bertz CT molecular complexity index is 1110. The molecule has 4 aliphatic carbocycles. The maximum absolute atomic E-state index is 12.2. The number of alkyl carbamates (subject to hydrolysis) is 4. The van der Waals surface area contributed by atoms with Gasteiger partial charge >= 0.3 is 30.3 Å². The van der Waals surface area contributed by atoms with Gasteiger partial charge in [-0.2, -0.15) is 0 Å². The highest BCUT2D eigenvalue weighted by Gasteiger charge is 2.47. The summed E-state index contributed by atoms with van der Waals surface area (Å²) in [5, 5.41) is 11.4. The van der Waals surface area contributed by atoms with Crippen molar-refractivity contribution in [3.05, 3.63) is 12.7 Å². The highest BCUT2D eigenvalue weighted by atomic mass is 16.6. The summed E-state index contributed by atoms with van der Waals surface area (Å²) >= 11 is 0. The number of unbranched alkanes of at least 4 members (excludes halogenated alkanes) is 1. The van der Waals surface area contributed by atoms with Crippen LogP contribution in [0.4, 0.5) is 19.2 Å². The molecule has 270 valence electrons. The molecule has 0 aromatic rings. The van der Waals surface area contributed by atoms with Crippen molar-refractivity contribution in [3.63, 3.8) is 0 Å². The van der Waals surface area contributed by atoms with Crippen LogP contribution in [0.15, 0.2) is 12.7 Å². The van der Waals surface area contributed by atoms with Crippen molar-refractivity contribution < 1.29 is 47.7 Å². The molecule has 4 amide bonds. The van der Waals surface area contributed by atoms with Crippen LogP contribution in [0.3, 0.4) is 0 Å². The van der Waals surface area contributed by atoms with E-state index in [4.69, 9.17) is 18.9 Å². The summed E-state index contributed by atoms with van der Waals surface area (Å²) in [7, 11) is 1.38. The average molecular weight is 679 g/mol. The van der Waals surface area contributed by atoms with Crippen LogP contribution in [0.1, 0.15) is 64.2 Å². The van der Waals surface area contributed by atoms with Crippen LogP contribution in [0.5, 0.6) is 0 Å². The number of fused-ring (bicyclic) bond motifs is 4. The van der Waals surface area contributed by atoms with E-state index in [1.54, 1.807) is 0 Å². The first kappa shape index (κ1) is 37.1. The van der Waals surface area contributed by atoms with Crippen LogP contribution in [0, 0.1) is 47.3 Å². The predicted molar refractivity (Wildman–Crippen MR) is 174 cm³/mol. The predicted octanol–water partition coefficient (Wildman–Crippen LogP) is 4.14. The first-order valence-corrected chi connectivity index (χ1v) is 17.6. The van der Waals surface area contributed by atoms with Crippen LogP contribution < -0.4 is 21.3 Å². The van der Waals surface area contributed by atoms with Gasteiger partial charge in [0.2, 0.25) is 0 Å². The van der Waals surface area contributed by atoms with Gasteiger partial charge in [0.15, 0.2) is 0 Å². The van der Waals surface area contributed by atoms with Crippen molar-refractivity contribution in [2.75, 3.05) is 59.7 Å². The number of carbonyl (C=O) groups excluding carboxylic acids is 5. The molecule has 4 fully saturated rings. The Labute approximate surface area is 283 Å². The molecule has 0 aromatic heterocycles. The van der Waals surface area contributed by atoms with Crippen molar-refractivity contribution in [3.8, 4) is 0 Å². The first-order valence-electron chi connectivity index (χ1n) is 17.6. The molecule has 14 nitrogen and oxygen atoms in total. The van der Waals surface area contributed by atoms with Crippen LogP contribution in [0.2, 0.25) is 0 Å². The molecule has 48 heavy (non-hydrogen) atoms. The van der Waals surface area contributed by atoms with Gasteiger partial charge in [-0.3, -0.25) is 0 Å². The zero-order valence-corrected chi connectivity index (χ0v) is 28.2. The smallest absolute Gasteiger partial charge is 0.407 e. The molecule has 0 radical (unpaired) electrons. The molecule has 0 spiro atoms. The van der Waals surface area contributed by atoms with Crippen molar-refractivity contribution in [1.82, 2.24) is 21.3 Å². The fourth-order valence-electron chi connectivity index (χ4n) is 8.65. The number of rotatable bonds is 19. The lowest BCUT2D eigenvalue weighted by atomic mass is 9.80. The third-order valence-electron chi connectivity index (χ3n) is 10.9. The number of hydrogen-bond donors (Lipinski definition) is 4. The molecule has 4 N–H and O–H groups in total. The van der Waals surface area contributed by atoms with Crippen molar-refractivity contribution >= 4 is 30.3 Å². The lowest BCUT2D eigenvalue weighted by Crippen LogP contribution is -2.33. The van der Waals surface area contributed by atoms with Crippen molar-refractivity contribution in [2.45, 2.75) is 64.2 Å². The SMILES string of the molecule is C=CC(=O)OCCOC(=O)NCC1CC2CCC1C2CCNC(=O)OCCCCOC(=O)NCCC1CC2CC1CC2CNC(=O)OC. The molecule has 0 saturated heterocycles. The van der Waals surface area contributed by atoms with Crippen LogP contribution in [-0.4, -0.2) is 90.1 Å². The number of hydrogen-bond acceptors (Lipinski definition) is 10. The van der Waals surface area contributed by atoms with E-state index in [9.17, 15) is 24.0 Å². The summed E-state index contributed by atoms with van der Waals surface area (Å²) in [4.78, 5) is 58.6. The van der Waals surface area contributed by atoms with E-state index in [-0.39, 0.29) is 32.5 Å². The van der Waals surface area contributed by atoms with Gasteiger partial charge < -0.3 is 45.0 Å². The molecule has 4 rings (SSSR count). The molecule has 8 atom stereocenters. The summed E-state index contributed by atoms with van der Waals surface area (Å²) < 4.78 is 25.1. The lowest BCUT2D eigenvalue weighted by molar-refractivity contribution is -0.138. The monoisotopic (exact) mass is 678 g/mol. The quantitative estimate of drug-likeness (QED) is 0.0672. The van der Waals surface area contributed by atoms with Crippen molar-refractivity contribution in [2.24, 2.45) is 47.3 Å². The third-order valence-corrected chi connectivity index (χ3v) is 10.9. The Morgan fingerprint density at radius 3 is 1.85 bits per heavy atom. The topological polar surface area (TPSA) is 180 Å². The Kier molecular flexibility index (Phi) is 14.9. The fraction of sp³-hybridized carbons (Fsp3) is 0.794. The maximum atomic E-state index is 12.2. The minimum atomic E-state index is -0.555. The van der Waals surface area contributed by atoms with Gasteiger partial charge in [-0.25, -0.2) is 24.0 Å². The van der Waals surface area contributed by atoms with E-state index in [0.29, 0.717) is 86.4 Å². The van der Waals surface area contributed by atoms with Gasteiger partial charge in [-0.15, -0.1) is 0 Å².